The largest absolute Gasteiger partial charge is 0.370 e. The van der Waals surface area contributed by atoms with Crippen LogP contribution in [0.2, 0.25) is 0 Å². The second-order valence-electron chi connectivity index (χ2n) is 8.16. The van der Waals surface area contributed by atoms with Gasteiger partial charge in [-0.25, -0.2) is 9.98 Å². The Balaban J connectivity index is 1.58. The number of aromatic amines is 1. The third-order valence-corrected chi connectivity index (χ3v) is 5.99. The smallest absolute Gasteiger partial charge is 0.192 e. The highest BCUT2D eigenvalue weighted by Gasteiger charge is 2.15. The molecule has 0 atom stereocenters. The fraction of sp³-hybridized carbons (Fsp3) is 0.0800. The summed E-state index contributed by atoms with van der Waals surface area (Å²) in [4.78, 5) is 14.0. The van der Waals surface area contributed by atoms with E-state index < -0.39 is 0 Å². The third kappa shape index (κ3) is 3.58. The number of hydrogen-bond acceptors (Lipinski definition) is 3. The summed E-state index contributed by atoms with van der Waals surface area (Å²) in [6, 6.07) is 20.0. The molecule has 34 heavy (non-hydrogen) atoms. The van der Waals surface area contributed by atoms with Gasteiger partial charge in [0.15, 0.2) is 11.9 Å². The number of fused-ring (bicyclic) bond motifs is 2. The zero-order valence-corrected chi connectivity index (χ0v) is 18.9. The first kappa shape index (κ1) is 21.1. The fourth-order valence-electron chi connectivity index (χ4n) is 4.14. The second-order valence-corrected chi connectivity index (χ2v) is 8.16. The molecule has 0 saturated carbocycles. The van der Waals surface area contributed by atoms with Crippen molar-refractivity contribution in [1.82, 2.24) is 14.5 Å². The quantitative estimate of drug-likeness (QED) is 0.209. The van der Waals surface area contributed by atoms with Crippen LogP contribution in [0, 0.1) is 5.41 Å². The lowest BCUT2D eigenvalue weighted by Gasteiger charge is -2.17. The van der Waals surface area contributed by atoms with Crippen molar-refractivity contribution >= 4 is 45.2 Å². The van der Waals surface area contributed by atoms with Gasteiger partial charge in [0, 0.05) is 42.4 Å². The lowest BCUT2D eigenvalue weighted by molar-refractivity contribution is 0.961. The van der Waals surface area contributed by atoms with E-state index in [-0.39, 0.29) is 11.9 Å². The van der Waals surface area contributed by atoms with Crippen LogP contribution in [0.1, 0.15) is 0 Å². The van der Waals surface area contributed by atoms with E-state index in [1.165, 1.54) is 0 Å². The van der Waals surface area contributed by atoms with E-state index in [9.17, 15) is 0 Å². The summed E-state index contributed by atoms with van der Waals surface area (Å²) < 4.78 is 2.04. The number of rotatable bonds is 4. The zero-order chi connectivity index (χ0) is 24.0. The Morgan fingerprint density at radius 2 is 1.74 bits per heavy atom. The van der Waals surface area contributed by atoms with Crippen molar-refractivity contribution in [1.29, 1.82) is 5.41 Å². The fourth-order valence-corrected chi connectivity index (χ4v) is 4.14. The Kier molecular flexibility index (Phi) is 4.94. The summed E-state index contributed by atoms with van der Waals surface area (Å²) in [6.07, 6.45) is 1.98. The zero-order valence-electron chi connectivity index (χ0n) is 18.9. The average molecular weight is 452 g/mol. The monoisotopic (exact) mass is 451 g/mol. The van der Waals surface area contributed by atoms with Crippen LogP contribution in [-0.4, -0.2) is 33.5 Å². The maximum atomic E-state index is 7.61. The van der Waals surface area contributed by atoms with E-state index in [4.69, 9.17) is 27.6 Å². The molecular formula is C25H25N9. The number of nitrogens with one attached hydrogen (secondary N) is 2. The van der Waals surface area contributed by atoms with Crippen molar-refractivity contribution in [3.05, 3.63) is 66.9 Å². The van der Waals surface area contributed by atoms with Gasteiger partial charge in [0.05, 0.1) is 16.7 Å². The van der Waals surface area contributed by atoms with Crippen molar-refractivity contribution < 1.29 is 0 Å². The van der Waals surface area contributed by atoms with Crippen LogP contribution >= 0.6 is 0 Å². The first-order chi connectivity index (χ1) is 16.3. The van der Waals surface area contributed by atoms with E-state index in [0.717, 1.165) is 50.1 Å². The average Bonchev–Trinajstić information content (AvgIpc) is 3.38. The lowest BCUT2D eigenvalue weighted by atomic mass is 10.0. The molecule has 2 aromatic heterocycles. The molecule has 0 bridgehead atoms. The molecule has 9 heteroatoms. The highest BCUT2D eigenvalue weighted by molar-refractivity contribution is 5.98. The highest BCUT2D eigenvalue weighted by Crippen LogP contribution is 2.34. The Hall–Kier alpha value is -4.79. The molecule has 0 aliphatic heterocycles. The number of aryl methyl sites for hydroxylation is 1. The number of aromatic nitrogens is 3. The minimum atomic E-state index is -0.000918. The van der Waals surface area contributed by atoms with Gasteiger partial charge < -0.3 is 31.7 Å². The number of anilines is 1. The molecule has 3 aromatic carbocycles. The molecule has 0 unspecified atom stereocenters. The second kappa shape index (κ2) is 7.96. The van der Waals surface area contributed by atoms with Crippen molar-refractivity contribution in [2.45, 2.75) is 0 Å². The first-order valence-electron chi connectivity index (χ1n) is 10.7. The van der Waals surface area contributed by atoms with Crippen LogP contribution in [0.4, 0.5) is 11.4 Å². The van der Waals surface area contributed by atoms with Gasteiger partial charge in [0.2, 0.25) is 0 Å². The molecule has 5 aromatic rings. The van der Waals surface area contributed by atoms with Gasteiger partial charge in [-0.05, 0) is 53.6 Å². The van der Waals surface area contributed by atoms with Crippen LogP contribution in [0.15, 0.2) is 71.9 Å². The number of guanidine groups is 2. The molecule has 0 aliphatic carbocycles. The summed E-state index contributed by atoms with van der Waals surface area (Å²) in [5.41, 5.74) is 24.2. The number of imidazole rings is 1. The molecule has 0 amide bonds. The Bertz CT molecular complexity index is 1570. The van der Waals surface area contributed by atoms with Crippen LogP contribution in [0.5, 0.6) is 0 Å². The van der Waals surface area contributed by atoms with E-state index in [2.05, 4.69) is 28.2 Å². The molecule has 8 N–H and O–H groups in total. The summed E-state index contributed by atoms with van der Waals surface area (Å²) in [5.74, 6) is 0.865. The minimum Gasteiger partial charge on any atom is -0.370 e. The van der Waals surface area contributed by atoms with Gasteiger partial charge in [0.25, 0.3) is 0 Å². The molecule has 2 heterocycles. The number of benzene rings is 3. The summed E-state index contributed by atoms with van der Waals surface area (Å²) >= 11 is 0. The van der Waals surface area contributed by atoms with Gasteiger partial charge in [-0.1, -0.05) is 18.2 Å². The molecule has 0 radical (unpaired) electrons. The van der Waals surface area contributed by atoms with Crippen molar-refractivity contribution in [3.63, 3.8) is 0 Å². The van der Waals surface area contributed by atoms with Gasteiger partial charge in [-0.15, -0.1) is 0 Å². The molecular weight excluding hydrogens is 426 g/mol. The molecule has 0 spiro atoms. The Morgan fingerprint density at radius 1 is 1.00 bits per heavy atom. The maximum Gasteiger partial charge on any atom is 0.192 e. The predicted octanol–water partition coefficient (Wildman–Crippen LogP) is 3.62. The van der Waals surface area contributed by atoms with Gasteiger partial charge in [-0.3, -0.25) is 5.41 Å². The maximum absolute atomic E-state index is 7.61. The third-order valence-electron chi connectivity index (χ3n) is 5.99. The van der Waals surface area contributed by atoms with Crippen LogP contribution < -0.4 is 22.1 Å². The van der Waals surface area contributed by atoms with E-state index >= 15 is 0 Å². The van der Waals surface area contributed by atoms with Crippen molar-refractivity contribution in [2.75, 3.05) is 11.9 Å². The van der Waals surface area contributed by atoms with Gasteiger partial charge >= 0.3 is 0 Å². The SMILES string of the molecule is CN(C(=N)N)c1ccc(-c2ccc3[nH]cc(-c4nc5ccc(N=C(N)N)cc5n4C)c3c2)cc1. The standard InChI is InChI=1S/C25H25N9/c1-33(25(28)29)17-7-3-14(4-8-17)15-5-9-20-18(11-15)19(13-30-20)23-32-21-10-6-16(31-24(26)27)12-22(21)34(23)2/h3-13,30H,1-2H3,(H3,28,29)(H4,26,27,31). The minimum absolute atomic E-state index is 0.000918. The Morgan fingerprint density at radius 3 is 2.44 bits per heavy atom. The van der Waals surface area contributed by atoms with E-state index in [1.807, 2.05) is 60.3 Å². The predicted molar refractivity (Wildman–Crippen MR) is 139 cm³/mol. The molecule has 5 rings (SSSR count). The van der Waals surface area contributed by atoms with Crippen LogP contribution in [-0.2, 0) is 7.05 Å². The molecule has 0 saturated heterocycles. The van der Waals surface area contributed by atoms with Crippen molar-refractivity contribution in [2.24, 2.45) is 29.2 Å². The van der Waals surface area contributed by atoms with Gasteiger partial charge in [0.1, 0.15) is 5.82 Å². The number of aliphatic imine (C=N–C) groups is 1. The number of hydrogen-bond donors (Lipinski definition) is 5. The van der Waals surface area contributed by atoms with E-state index in [0.29, 0.717) is 5.69 Å². The Labute approximate surface area is 196 Å². The van der Waals surface area contributed by atoms with E-state index in [1.54, 1.807) is 11.9 Å². The molecule has 0 fully saturated rings. The summed E-state index contributed by atoms with van der Waals surface area (Å²) in [6.45, 7) is 0. The van der Waals surface area contributed by atoms with Crippen molar-refractivity contribution in [3.8, 4) is 22.5 Å². The van der Waals surface area contributed by atoms with Crippen LogP contribution in [0.25, 0.3) is 44.5 Å². The first-order valence-corrected chi connectivity index (χ1v) is 10.7. The van der Waals surface area contributed by atoms with Crippen LogP contribution in [0.3, 0.4) is 0 Å². The summed E-state index contributed by atoms with van der Waals surface area (Å²) in [7, 11) is 3.75. The molecule has 0 aliphatic rings. The number of nitrogens with two attached hydrogens (primary N) is 3. The molecule has 9 nitrogen and oxygen atoms in total. The number of nitrogens with zero attached hydrogens (tertiary/aromatic N) is 4. The highest BCUT2D eigenvalue weighted by atomic mass is 15.2. The summed E-state index contributed by atoms with van der Waals surface area (Å²) in [5, 5.41) is 8.68. The topological polar surface area (TPSA) is 151 Å². The number of H-pyrrole nitrogens is 1. The lowest BCUT2D eigenvalue weighted by Crippen LogP contribution is -2.32. The molecule has 170 valence electrons. The normalized spacial score (nSPS) is 11.1. The van der Waals surface area contributed by atoms with Gasteiger partial charge in [-0.2, -0.15) is 0 Å².